The predicted octanol–water partition coefficient (Wildman–Crippen LogP) is 2.14. The number of ether oxygens (including phenoxy) is 1. The molecule has 1 aromatic heterocycles. The zero-order chi connectivity index (χ0) is 12.0. The summed E-state index contributed by atoms with van der Waals surface area (Å²) in [6, 6.07) is 3.70. The van der Waals surface area contributed by atoms with Crippen LogP contribution in [0.3, 0.4) is 0 Å². The smallest absolute Gasteiger partial charge is 0.227 e. The predicted molar refractivity (Wildman–Crippen MR) is 63.3 cm³/mol. The first-order chi connectivity index (χ1) is 7.58. The maximum absolute atomic E-state index is 11.4. The quantitative estimate of drug-likeness (QED) is 0.830. The Morgan fingerprint density at radius 1 is 1.50 bits per heavy atom. The van der Waals surface area contributed by atoms with E-state index in [0.717, 1.165) is 5.56 Å². The number of hydrogen-bond donors (Lipinski definition) is 1. The number of nitrogens with zero attached hydrogens (tertiary/aromatic N) is 1. The molecular formula is C12H18N2O2. The highest BCUT2D eigenvalue weighted by Crippen LogP contribution is 2.04. The molecule has 1 rings (SSSR count). The molecule has 0 spiro atoms. The van der Waals surface area contributed by atoms with E-state index in [4.69, 9.17) is 4.74 Å². The van der Waals surface area contributed by atoms with Crippen LogP contribution < -0.4 is 5.32 Å². The van der Waals surface area contributed by atoms with Gasteiger partial charge >= 0.3 is 0 Å². The van der Waals surface area contributed by atoms with Crippen LogP contribution in [0.4, 0.5) is 5.82 Å². The minimum Gasteiger partial charge on any atom is -0.378 e. The van der Waals surface area contributed by atoms with Gasteiger partial charge in [0.15, 0.2) is 0 Å². The van der Waals surface area contributed by atoms with Crippen molar-refractivity contribution in [1.29, 1.82) is 0 Å². The van der Waals surface area contributed by atoms with Crippen LogP contribution in [0.2, 0.25) is 0 Å². The van der Waals surface area contributed by atoms with E-state index in [-0.39, 0.29) is 12.0 Å². The van der Waals surface area contributed by atoms with E-state index < -0.39 is 0 Å². The molecule has 0 aliphatic rings. The minimum atomic E-state index is -0.0722. The van der Waals surface area contributed by atoms with E-state index in [1.54, 1.807) is 12.3 Å². The van der Waals surface area contributed by atoms with Crippen molar-refractivity contribution in [2.75, 3.05) is 11.9 Å². The van der Waals surface area contributed by atoms with Crippen molar-refractivity contribution in [3.8, 4) is 0 Å². The van der Waals surface area contributed by atoms with Gasteiger partial charge in [-0.05, 0) is 32.4 Å². The molecule has 0 unspecified atom stereocenters. The van der Waals surface area contributed by atoms with Crippen molar-refractivity contribution in [2.24, 2.45) is 0 Å². The fourth-order valence-electron chi connectivity index (χ4n) is 1.13. The third kappa shape index (κ3) is 4.89. The molecule has 0 atom stereocenters. The molecule has 16 heavy (non-hydrogen) atoms. The van der Waals surface area contributed by atoms with Crippen LogP contribution >= 0.6 is 0 Å². The molecule has 0 bridgehead atoms. The molecule has 1 heterocycles. The fourth-order valence-corrected chi connectivity index (χ4v) is 1.13. The van der Waals surface area contributed by atoms with Gasteiger partial charge in [0.2, 0.25) is 5.91 Å². The molecule has 1 aromatic rings. The lowest BCUT2D eigenvalue weighted by Gasteiger charge is -2.07. The number of amides is 1. The number of hydrogen-bond acceptors (Lipinski definition) is 3. The summed E-state index contributed by atoms with van der Waals surface area (Å²) in [6.45, 7) is 6.28. The van der Waals surface area contributed by atoms with Gasteiger partial charge in [-0.2, -0.15) is 0 Å². The topological polar surface area (TPSA) is 51.2 Å². The first-order valence-electron chi connectivity index (χ1n) is 5.42. The third-order valence-corrected chi connectivity index (χ3v) is 1.96. The molecule has 0 saturated carbocycles. The average Bonchev–Trinajstić information content (AvgIpc) is 2.21. The molecule has 4 nitrogen and oxygen atoms in total. The van der Waals surface area contributed by atoms with Crippen LogP contribution in [0.5, 0.6) is 0 Å². The fraction of sp³-hybridized carbons (Fsp3) is 0.500. The number of nitrogens with one attached hydrogen (secondary N) is 1. The van der Waals surface area contributed by atoms with E-state index in [2.05, 4.69) is 10.3 Å². The summed E-state index contributed by atoms with van der Waals surface area (Å²) in [5.74, 6) is 0.511. The van der Waals surface area contributed by atoms with Crippen molar-refractivity contribution >= 4 is 11.7 Å². The second-order valence-electron chi connectivity index (χ2n) is 3.94. The number of carbonyl (C=O) groups is 1. The number of aromatic nitrogens is 1. The van der Waals surface area contributed by atoms with Gasteiger partial charge in [0.25, 0.3) is 0 Å². The Morgan fingerprint density at radius 3 is 2.81 bits per heavy atom. The van der Waals surface area contributed by atoms with Crippen LogP contribution in [0.1, 0.15) is 25.8 Å². The summed E-state index contributed by atoms with van der Waals surface area (Å²) in [4.78, 5) is 15.5. The Labute approximate surface area is 96.0 Å². The van der Waals surface area contributed by atoms with Crippen LogP contribution in [-0.2, 0) is 9.53 Å². The standard InChI is InChI=1S/C12H18N2O2/c1-9(2)16-7-6-12(15)14-11-5-4-10(3)8-13-11/h4-5,8-9H,6-7H2,1-3H3,(H,13,14,15). The molecule has 0 saturated heterocycles. The average molecular weight is 222 g/mol. The number of carbonyl (C=O) groups excluding carboxylic acids is 1. The van der Waals surface area contributed by atoms with Crippen molar-refractivity contribution < 1.29 is 9.53 Å². The zero-order valence-electron chi connectivity index (χ0n) is 9.99. The summed E-state index contributed by atoms with van der Waals surface area (Å²) in [5.41, 5.74) is 1.07. The normalized spacial score (nSPS) is 10.5. The van der Waals surface area contributed by atoms with E-state index in [0.29, 0.717) is 18.8 Å². The highest BCUT2D eigenvalue weighted by Gasteiger charge is 2.03. The van der Waals surface area contributed by atoms with Crippen molar-refractivity contribution in [3.05, 3.63) is 23.9 Å². The van der Waals surface area contributed by atoms with Gasteiger partial charge in [0, 0.05) is 6.20 Å². The molecule has 0 aromatic carbocycles. The van der Waals surface area contributed by atoms with E-state index in [1.165, 1.54) is 0 Å². The monoisotopic (exact) mass is 222 g/mol. The summed E-state index contributed by atoms with van der Waals surface area (Å²) in [5, 5.41) is 2.71. The van der Waals surface area contributed by atoms with Gasteiger partial charge in [0.05, 0.1) is 19.1 Å². The van der Waals surface area contributed by atoms with Gasteiger partial charge in [0.1, 0.15) is 5.82 Å². The summed E-state index contributed by atoms with van der Waals surface area (Å²) in [7, 11) is 0. The van der Waals surface area contributed by atoms with Gasteiger partial charge in [-0.1, -0.05) is 6.07 Å². The second kappa shape index (κ2) is 6.23. The first-order valence-corrected chi connectivity index (χ1v) is 5.42. The number of anilines is 1. The van der Waals surface area contributed by atoms with Gasteiger partial charge < -0.3 is 10.1 Å². The summed E-state index contributed by atoms with van der Waals surface area (Å²) < 4.78 is 5.29. The molecule has 0 radical (unpaired) electrons. The Hall–Kier alpha value is -1.42. The van der Waals surface area contributed by atoms with Crippen molar-refractivity contribution in [1.82, 2.24) is 4.98 Å². The van der Waals surface area contributed by atoms with E-state index in [1.807, 2.05) is 26.8 Å². The highest BCUT2D eigenvalue weighted by atomic mass is 16.5. The van der Waals surface area contributed by atoms with E-state index in [9.17, 15) is 4.79 Å². The maximum Gasteiger partial charge on any atom is 0.227 e. The minimum absolute atomic E-state index is 0.0722. The highest BCUT2D eigenvalue weighted by molar-refractivity contribution is 5.89. The van der Waals surface area contributed by atoms with Gasteiger partial charge in [-0.3, -0.25) is 4.79 Å². The van der Waals surface area contributed by atoms with E-state index >= 15 is 0 Å². The molecule has 0 fully saturated rings. The van der Waals surface area contributed by atoms with Crippen LogP contribution in [-0.4, -0.2) is 23.6 Å². The Morgan fingerprint density at radius 2 is 2.25 bits per heavy atom. The Kier molecular flexibility index (Phi) is 4.92. The molecular weight excluding hydrogens is 204 g/mol. The lowest BCUT2D eigenvalue weighted by Crippen LogP contribution is -2.16. The maximum atomic E-state index is 11.4. The largest absolute Gasteiger partial charge is 0.378 e. The number of pyridine rings is 1. The molecule has 4 heteroatoms. The van der Waals surface area contributed by atoms with Gasteiger partial charge in [-0.25, -0.2) is 4.98 Å². The molecule has 1 amide bonds. The lowest BCUT2D eigenvalue weighted by atomic mass is 10.3. The van der Waals surface area contributed by atoms with Crippen LogP contribution in [0.25, 0.3) is 0 Å². The van der Waals surface area contributed by atoms with Crippen molar-refractivity contribution in [2.45, 2.75) is 33.3 Å². The molecule has 0 aliphatic heterocycles. The lowest BCUT2D eigenvalue weighted by molar-refractivity contribution is -0.117. The number of rotatable bonds is 5. The molecule has 1 N–H and O–H groups in total. The SMILES string of the molecule is Cc1ccc(NC(=O)CCOC(C)C)nc1. The van der Waals surface area contributed by atoms with Crippen LogP contribution in [0, 0.1) is 6.92 Å². The Bertz CT molecular complexity index is 333. The first kappa shape index (κ1) is 12.6. The summed E-state index contributed by atoms with van der Waals surface area (Å²) in [6.07, 6.45) is 2.24. The second-order valence-corrected chi connectivity index (χ2v) is 3.94. The van der Waals surface area contributed by atoms with Crippen LogP contribution in [0.15, 0.2) is 18.3 Å². The Balaban J connectivity index is 2.31. The summed E-state index contributed by atoms with van der Waals surface area (Å²) >= 11 is 0. The van der Waals surface area contributed by atoms with Crippen molar-refractivity contribution in [3.63, 3.8) is 0 Å². The number of aryl methyl sites for hydroxylation is 1. The molecule has 0 aliphatic carbocycles. The van der Waals surface area contributed by atoms with Gasteiger partial charge in [-0.15, -0.1) is 0 Å². The third-order valence-electron chi connectivity index (χ3n) is 1.96. The molecule has 88 valence electrons. The zero-order valence-corrected chi connectivity index (χ0v) is 9.99.